The van der Waals surface area contributed by atoms with Crippen molar-refractivity contribution < 1.29 is 26.7 Å². The Morgan fingerprint density at radius 1 is 1.21 bits per heavy atom. The maximum atomic E-state index is 13.7. The minimum absolute atomic E-state index is 0.0710. The molecule has 0 amide bonds. The number of rotatable bonds is 8. The van der Waals surface area contributed by atoms with Gasteiger partial charge in [-0.1, -0.05) is 24.3 Å². The fraction of sp³-hybridized carbons (Fsp3) is 0.435. The van der Waals surface area contributed by atoms with E-state index in [-0.39, 0.29) is 36.3 Å². The lowest BCUT2D eigenvalue weighted by Crippen LogP contribution is -2.35. The number of halogens is 5. The third-order valence-electron chi connectivity index (χ3n) is 5.75. The zero-order valence-corrected chi connectivity index (χ0v) is 18.5. The number of nitrogens with one attached hydrogen (secondary N) is 1. The Balaban J connectivity index is 1.76. The molecule has 0 radical (unpaired) electrons. The second kappa shape index (κ2) is 8.94. The molecule has 34 heavy (non-hydrogen) atoms. The summed E-state index contributed by atoms with van der Waals surface area (Å²) in [5, 5.41) is 3.39. The highest BCUT2D eigenvalue weighted by Crippen LogP contribution is 2.48. The van der Waals surface area contributed by atoms with Crippen molar-refractivity contribution in [2.24, 2.45) is 0 Å². The Labute approximate surface area is 191 Å². The van der Waals surface area contributed by atoms with E-state index in [4.69, 9.17) is 4.74 Å². The van der Waals surface area contributed by atoms with Gasteiger partial charge in [0, 0.05) is 24.4 Å². The summed E-state index contributed by atoms with van der Waals surface area (Å²) in [5.74, 6) is 0.546. The molecule has 1 saturated carbocycles. The van der Waals surface area contributed by atoms with Crippen LogP contribution in [0.1, 0.15) is 42.9 Å². The lowest BCUT2D eigenvalue weighted by molar-refractivity contribution is -0.127. The molecule has 3 aromatic rings. The number of hydrogen-bond acceptors (Lipinski definition) is 5. The van der Waals surface area contributed by atoms with Crippen molar-refractivity contribution in [2.45, 2.75) is 57.5 Å². The van der Waals surface area contributed by atoms with E-state index in [1.807, 2.05) is 0 Å². The molecule has 4 rings (SSSR count). The summed E-state index contributed by atoms with van der Waals surface area (Å²) in [6.07, 6.45) is -7.35. The largest absolute Gasteiger partial charge is 0.393 e. The van der Waals surface area contributed by atoms with E-state index < -0.39 is 36.3 Å². The molecular weight excluding hydrogens is 459 g/mol. The fourth-order valence-corrected chi connectivity index (χ4v) is 3.98. The minimum Gasteiger partial charge on any atom is -0.354 e. The molecule has 0 bridgehead atoms. The molecule has 1 aliphatic carbocycles. The number of aryl methyl sites for hydroxylation is 1. The normalized spacial score (nSPS) is 16.1. The lowest BCUT2D eigenvalue weighted by atomic mass is 10.1. The van der Waals surface area contributed by atoms with E-state index in [2.05, 4.69) is 15.3 Å². The van der Waals surface area contributed by atoms with Crippen molar-refractivity contribution >= 4 is 16.7 Å². The molecule has 1 fully saturated rings. The van der Waals surface area contributed by atoms with Crippen LogP contribution in [0.2, 0.25) is 0 Å². The predicted molar refractivity (Wildman–Crippen MR) is 116 cm³/mol. The summed E-state index contributed by atoms with van der Waals surface area (Å²) >= 11 is 0. The first kappa shape index (κ1) is 24.1. The van der Waals surface area contributed by atoms with Crippen molar-refractivity contribution in [2.75, 3.05) is 11.9 Å². The van der Waals surface area contributed by atoms with Gasteiger partial charge < -0.3 is 14.6 Å². The van der Waals surface area contributed by atoms with Gasteiger partial charge in [0.05, 0.1) is 17.3 Å². The van der Waals surface area contributed by atoms with Gasteiger partial charge in [-0.25, -0.2) is 18.7 Å². The third kappa shape index (κ3) is 4.89. The van der Waals surface area contributed by atoms with Crippen LogP contribution in [0.4, 0.5) is 27.8 Å². The van der Waals surface area contributed by atoms with Crippen LogP contribution in [0.3, 0.4) is 0 Å². The number of fused-ring (bicyclic) bond motifs is 1. The second-order valence-corrected chi connectivity index (χ2v) is 8.32. The maximum absolute atomic E-state index is 13.7. The Kier molecular flexibility index (Phi) is 6.32. The summed E-state index contributed by atoms with van der Waals surface area (Å²) in [4.78, 5) is 21.2. The number of hydrogen-bond donors (Lipinski definition) is 1. The standard InChI is InChI=1S/C23H23F5N4O2/c1-3-34-20(15-6-4-5-14(9-15)11-23(26,27)28)31-19-16-12-32(22(7-8-22)21(24)25)18(33)10-17(16)29-13(2)30-19/h4-6,9-10,12,20-21H,3,7-8,11H2,1-2H3,(H,29,30,31). The molecule has 0 spiro atoms. The monoisotopic (exact) mass is 482 g/mol. The molecule has 0 aliphatic heterocycles. The number of alkyl halides is 5. The average Bonchev–Trinajstić information content (AvgIpc) is 3.54. The molecule has 1 atom stereocenters. The van der Waals surface area contributed by atoms with Crippen molar-refractivity contribution in [1.29, 1.82) is 0 Å². The van der Waals surface area contributed by atoms with E-state index in [0.717, 1.165) is 4.57 Å². The number of benzene rings is 1. The summed E-state index contributed by atoms with van der Waals surface area (Å²) in [6, 6.07) is 7.09. The van der Waals surface area contributed by atoms with Gasteiger partial charge >= 0.3 is 6.18 Å². The molecule has 1 aromatic carbocycles. The summed E-state index contributed by atoms with van der Waals surface area (Å²) in [5.41, 5.74) is -1.36. The van der Waals surface area contributed by atoms with Crippen LogP contribution in [0.25, 0.3) is 10.9 Å². The van der Waals surface area contributed by atoms with Crippen LogP contribution >= 0.6 is 0 Å². The van der Waals surface area contributed by atoms with Gasteiger partial charge in [0.25, 0.3) is 12.0 Å². The molecule has 6 nitrogen and oxygen atoms in total. The van der Waals surface area contributed by atoms with E-state index in [9.17, 15) is 26.7 Å². The van der Waals surface area contributed by atoms with Gasteiger partial charge in [-0.2, -0.15) is 13.2 Å². The van der Waals surface area contributed by atoms with Crippen molar-refractivity contribution in [3.05, 3.63) is 63.8 Å². The van der Waals surface area contributed by atoms with Crippen LogP contribution in [0, 0.1) is 6.92 Å². The Morgan fingerprint density at radius 3 is 2.56 bits per heavy atom. The molecule has 11 heteroatoms. The highest BCUT2D eigenvalue weighted by Gasteiger charge is 2.53. The zero-order chi connectivity index (χ0) is 24.7. The summed E-state index contributed by atoms with van der Waals surface area (Å²) < 4.78 is 72.8. The van der Waals surface area contributed by atoms with Gasteiger partial charge in [0.2, 0.25) is 0 Å². The van der Waals surface area contributed by atoms with E-state index in [1.165, 1.54) is 30.5 Å². The second-order valence-electron chi connectivity index (χ2n) is 8.32. The Bertz CT molecular complexity index is 1250. The van der Waals surface area contributed by atoms with Crippen molar-refractivity contribution in [1.82, 2.24) is 14.5 Å². The van der Waals surface area contributed by atoms with Crippen LogP contribution in [-0.4, -0.2) is 33.7 Å². The predicted octanol–water partition coefficient (Wildman–Crippen LogP) is 5.11. The zero-order valence-electron chi connectivity index (χ0n) is 18.5. The minimum atomic E-state index is -4.36. The SMILES string of the molecule is CCOC(Nc1nc(C)nc2cc(=O)n(C3(C(F)F)CC3)cc12)c1cccc(CC(F)(F)F)c1. The van der Waals surface area contributed by atoms with Crippen LogP contribution < -0.4 is 10.9 Å². The number of ether oxygens (including phenoxy) is 1. The molecule has 2 aromatic heterocycles. The van der Waals surface area contributed by atoms with Crippen LogP contribution in [0.15, 0.2) is 41.3 Å². The van der Waals surface area contributed by atoms with Gasteiger partial charge in [-0.3, -0.25) is 4.79 Å². The van der Waals surface area contributed by atoms with Crippen LogP contribution in [0.5, 0.6) is 0 Å². The molecular formula is C23H23F5N4O2. The molecule has 1 aliphatic rings. The number of nitrogens with zero attached hydrogens (tertiary/aromatic N) is 3. The number of anilines is 1. The number of aromatic nitrogens is 3. The van der Waals surface area contributed by atoms with Gasteiger partial charge in [0.1, 0.15) is 17.2 Å². The molecule has 2 heterocycles. The number of pyridine rings is 1. The highest BCUT2D eigenvalue weighted by atomic mass is 19.4. The first-order valence-corrected chi connectivity index (χ1v) is 10.8. The fourth-order valence-electron chi connectivity index (χ4n) is 3.98. The highest BCUT2D eigenvalue weighted by molar-refractivity contribution is 5.88. The Hall–Kier alpha value is -3.08. The molecule has 1 N–H and O–H groups in total. The lowest BCUT2D eigenvalue weighted by Gasteiger charge is -2.23. The quantitative estimate of drug-likeness (QED) is 0.357. The summed E-state index contributed by atoms with van der Waals surface area (Å²) in [6.45, 7) is 3.58. The van der Waals surface area contributed by atoms with E-state index in [0.29, 0.717) is 16.8 Å². The van der Waals surface area contributed by atoms with Gasteiger partial charge in [-0.15, -0.1) is 0 Å². The molecule has 1 unspecified atom stereocenters. The topological polar surface area (TPSA) is 69.0 Å². The van der Waals surface area contributed by atoms with E-state index >= 15 is 0 Å². The third-order valence-corrected chi connectivity index (χ3v) is 5.75. The summed E-state index contributed by atoms with van der Waals surface area (Å²) in [7, 11) is 0. The maximum Gasteiger partial charge on any atom is 0.393 e. The van der Waals surface area contributed by atoms with E-state index in [1.54, 1.807) is 19.9 Å². The van der Waals surface area contributed by atoms with Crippen molar-refractivity contribution in [3.63, 3.8) is 0 Å². The Morgan fingerprint density at radius 2 is 1.94 bits per heavy atom. The van der Waals surface area contributed by atoms with Crippen LogP contribution in [-0.2, 0) is 16.7 Å². The average molecular weight is 482 g/mol. The smallest absolute Gasteiger partial charge is 0.354 e. The van der Waals surface area contributed by atoms with Gasteiger partial charge in [-0.05, 0) is 32.3 Å². The van der Waals surface area contributed by atoms with Crippen molar-refractivity contribution in [3.8, 4) is 0 Å². The molecule has 182 valence electrons. The molecule has 0 saturated heterocycles. The first-order valence-electron chi connectivity index (χ1n) is 10.8. The first-order chi connectivity index (χ1) is 16.0. The van der Waals surface area contributed by atoms with Gasteiger partial charge in [0.15, 0.2) is 6.23 Å².